The summed E-state index contributed by atoms with van der Waals surface area (Å²) in [6, 6.07) is 2.45. The maximum absolute atomic E-state index is 13.1. The van der Waals surface area contributed by atoms with Gasteiger partial charge in [0.15, 0.2) is 11.9 Å². The lowest BCUT2D eigenvalue weighted by Crippen LogP contribution is -2.68. The molecule has 0 radical (unpaired) electrons. The minimum absolute atomic E-state index is 0.0907. The second-order valence-corrected chi connectivity index (χ2v) is 9.88. The van der Waals surface area contributed by atoms with Gasteiger partial charge < -0.3 is 40.5 Å². The number of phenolic OH excluding ortho intramolecular Hbond substituents is 1. The van der Waals surface area contributed by atoms with E-state index >= 15 is 0 Å². The van der Waals surface area contributed by atoms with Gasteiger partial charge in [0, 0.05) is 12.5 Å². The lowest BCUT2D eigenvalue weighted by atomic mass is 9.90. The highest BCUT2D eigenvalue weighted by atomic mass is 16.6. The zero-order valence-electron chi connectivity index (χ0n) is 20.2. The molecule has 11 heteroatoms. The third-order valence-corrected chi connectivity index (χ3v) is 6.53. The van der Waals surface area contributed by atoms with Crippen LogP contribution < -0.4 is 10.6 Å². The van der Waals surface area contributed by atoms with Gasteiger partial charge >= 0.3 is 11.9 Å². The number of ether oxygens (including phenoxy) is 2. The molecule has 1 fully saturated rings. The van der Waals surface area contributed by atoms with E-state index in [2.05, 4.69) is 10.6 Å². The maximum Gasteiger partial charge on any atom is 0.342 e. The van der Waals surface area contributed by atoms with Gasteiger partial charge in [-0.1, -0.05) is 26.0 Å². The number of aromatic hydroxyl groups is 1. The Labute approximate surface area is 203 Å². The molecule has 11 nitrogen and oxygen atoms in total. The molecule has 35 heavy (non-hydrogen) atoms. The van der Waals surface area contributed by atoms with Gasteiger partial charge in [-0.3, -0.25) is 9.59 Å². The molecule has 1 saturated heterocycles. The van der Waals surface area contributed by atoms with Crippen molar-refractivity contribution in [3.05, 3.63) is 29.3 Å². The minimum atomic E-state index is -1.81. The molecule has 2 heterocycles. The number of hydrogen-bond donors (Lipinski definition) is 6. The van der Waals surface area contributed by atoms with Gasteiger partial charge in [-0.05, 0) is 37.8 Å². The van der Waals surface area contributed by atoms with E-state index in [1.807, 2.05) is 13.8 Å². The Hall–Kier alpha value is -2.73. The van der Waals surface area contributed by atoms with Crippen molar-refractivity contribution in [1.29, 1.82) is 0 Å². The molecule has 0 unspecified atom stereocenters. The molecule has 1 amide bonds. The Balaban J connectivity index is 1.80. The smallest absolute Gasteiger partial charge is 0.342 e. The Bertz CT molecular complexity index is 964. The molecule has 1 aromatic rings. The van der Waals surface area contributed by atoms with Crippen LogP contribution in [0.25, 0.3) is 0 Å². The summed E-state index contributed by atoms with van der Waals surface area (Å²) in [6.45, 7) is 6.81. The molecule has 1 aromatic carbocycles. The summed E-state index contributed by atoms with van der Waals surface area (Å²) in [4.78, 5) is 37.0. The predicted molar refractivity (Wildman–Crippen MR) is 123 cm³/mol. The Morgan fingerprint density at radius 2 is 2.00 bits per heavy atom. The number of rotatable bonds is 8. The van der Waals surface area contributed by atoms with E-state index in [4.69, 9.17) is 9.47 Å². The molecule has 0 aromatic heterocycles. The highest BCUT2D eigenvalue weighted by Gasteiger charge is 2.48. The Morgan fingerprint density at radius 1 is 1.31 bits per heavy atom. The summed E-state index contributed by atoms with van der Waals surface area (Å²) >= 11 is 0. The van der Waals surface area contributed by atoms with E-state index in [0.717, 1.165) is 0 Å². The van der Waals surface area contributed by atoms with Crippen LogP contribution in [0.5, 0.6) is 5.75 Å². The van der Waals surface area contributed by atoms with Crippen LogP contribution in [0.4, 0.5) is 0 Å². The third-order valence-electron chi connectivity index (χ3n) is 6.53. The normalized spacial score (nSPS) is 30.2. The first-order chi connectivity index (χ1) is 16.3. The van der Waals surface area contributed by atoms with Crippen molar-refractivity contribution in [2.75, 3.05) is 0 Å². The summed E-state index contributed by atoms with van der Waals surface area (Å²) in [6.07, 6.45) is -3.68. The highest BCUT2D eigenvalue weighted by Crippen LogP contribution is 2.31. The molecular formula is C24H34N2O9. The number of carboxylic acid groups (broad SMARTS) is 1. The van der Waals surface area contributed by atoms with Crippen LogP contribution in [0, 0.1) is 5.92 Å². The van der Waals surface area contributed by atoms with Gasteiger partial charge in [0.25, 0.3) is 5.91 Å². The van der Waals surface area contributed by atoms with Gasteiger partial charge in [-0.15, -0.1) is 0 Å². The van der Waals surface area contributed by atoms with Crippen LogP contribution in [-0.4, -0.2) is 80.5 Å². The van der Waals surface area contributed by atoms with Crippen molar-refractivity contribution in [2.24, 2.45) is 5.92 Å². The number of aliphatic hydroxyl groups excluding tert-OH is 1. The number of carbonyl (C=O) groups excluding carboxylic acids is 2. The quantitative estimate of drug-likeness (QED) is 0.276. The van der Waals surface area contributed by atoms with Gasteiger partial charge in [0.1, 0.15) is 23.5 Å². The minimum Gasteiger partial charge on any atom is -0.507 e. The lowest BCUT2D eigenvalue weighted by molar-refractivity contribution is -0.276. The van der Waals surface area contributed by atoms with Crippen molar-refractivity contribution >= 4 is 17.8 Å². The van der Waals surface area contributed by atoms with E-state index in [0.29, 0.717) is 12.0 Å². The first-order valence-corrected chi connectivity index (χ1v) is 11.7. The second kappa shape index (κ2) is 10.5. The molecule has 7 atom stereocenters. The van der Waals surface area contributed by atoms with Gasteiger partial charge in [0.2, 0.25) is 0 Å². The molecule has 194 valence electrons. The monoisotopic (exact) mass is 494 g/mol. The molecule has 0 aliphatic carbocycles. The maximum atomic E-state index is 13.1. The number of cyclic esters (lactones) is 1. The van der Waals surface area contributed by atoms with Crippen LogP contribution in [0.1, 0.15) is 56.5 Å². The lowest BCUT2D eigenvalue weighted by Gasteiger charge is -2.46. The van der Waals surface area contributed by atoms with Crippen LogP contribution in [0.2, 0.25) is 0 Å². The number of phenols is 1. The van der Waals surface area contributed by atoms with Crippen LogP contribution in [0.3, 0.4) is 0 Å². The van der Waals surface area contributed by atoms with E-state index in [9.17, 15) is 34.8 Å². The van der Waals surface area contributed by atoms with Crippen LogP contribution in [0.15, 0.2) is 18.2 Å². The fourth-order valence-electron chi connectivity index (χ4n) is 4.58. The number of fused-ring (bicyclic) bond motifs is 1. The Kier molecular flexibility index (Phi) is 8.05. The first-order valence-electron chi connectivity index (χ1n) is 11.7. The fourth-order valence-corrected chi connectivity index (χ4v) is 4.58. The SMILES string of the molecule is CC(C)C[C@H](NC(=O)[C@@H](O)[C@H]1O[C@](C)(O)[C@H](C)N[C@H]1CC(=O)O)[C@@H]1Cc2cccc(O)c2C(=O)O1. The molecule has 2 aliphatic rings. The fraction of sp³-hybridized carbons (Fsp3) is 0.625. The third kappa shape index (κ3) is 6.10. The molecule has 0 spiro atoms. The number of carboxylic acids is 1. The molecule has 0 saturated carbocycles. The van der Waals surface area contributed by atoms with Gasteiger partial charge in [-0.25, -0.2) is 4.79 Å². The number of nitrogens with one attached hydrogen (secondary N) is 2. The summed E-state index contributed by atoms with van der Waals surface area (Å²) in [5, 5.41) is 46.3. The molecule has 6 N–H and O–H groups in total. The molecule has 2 aliphatic heterocycles. The molecule has 3 rings (SSSR count). The summed E-state index contributed by atoms with van der Waals surface area (Å²) < 4.78 is 11.1. The Morgan fingerprint density at radius 3 is 2.63 bits per heavy atom. The molecular weight excluding hydrogens is 460 g/mol. The number of aliphatic hydroxyl groups is 2. The standard InChI is InChI=1S/C24H34N2O9/c1-11(2)8-14(17-9-13-6-5-7-16(27)19(13)23(32)34-17)26-22(31)20(30)21-15(10-18(28)29)25-12(3)24(4,33)35-21/h5-7,11-12,14-15,17,20-21,25,27,30,33H,8-10H2,1-4H3,(H,26,31)(H,28,29)/t12-,14-,15-,17-,20-,21-,24-/m0/s1. The number of morpholine rings is 1. The topological polar surface area (TPSA) is 175 Å². The predicted octanol–water partition coefficient (Wildman–Crippen LogP) is 0.294. The largest absolute Gasteiger partial charge is 0.507 e. The van der Waals surface area contributed by atoms with Crippen LogP contribution >= 0.6 is 0 Å². The van der Waals surface area contributed by atoms with E-state index in [-0.39, 0.29) is 23.7 Å². The van der Waals surface area contributed by atoms with Crippen molar-refractivity contribution in [3.63, 3.8) is 0 Å². The second-order valence-electron chi connectivity index (χ2n) is 9.88. The first kappa shape index (κ1) is 26.9. The number of amides is 1. The number of hydrogen-bond acceptors (Lipinski definition) is 9. The van der Waals surface area contributed by atoms with Crippen molar-refractivity contribution in [2.45, 2.75) is 89.2 Å². The van der Waals surface area contributed by atoms with Gasteiger partial charge in [0.05, 0.1) is 18.5 Å². The van der Waals surface area contributed by atoms with E-state index < -0.39 is 66.5 Å². The number of esters is 1. The summed E-state index contributed by atoms with van der Waals surface area (Å²) in [7, 11) is 0. The number of carbonyl (C=O) groups is 3. The average Bonchev–Trinajstić information content (AvgIpc) is 2.74. The number of benzene rings is 1. The average molecular weight is 495 g/mol. The van der Waals surface area contributed by atoms with Crippen LogP contribution in [-0.2, 0) is 25.5 Å². The highest BCUT2D eigenvalue weighted by molar-refractivity contribution is 5.95. The van der Waals surface area contributed by atoms with E-state index in [1.54, 1.807) is 19.1 Å². The zero-order chi connectivity index (χ0) is 26.1. The molecule has 0 bridgehead atoms. The number of aliphatic carboxylic acids is 1. The van der Waals surface area contributed by atoms with Crippen molar-refractivity contribution in [1.82, 2.24) is 10.6 Å². The summed E-state index contributed by atoms with van der Waals surface area (Å²) in [5.41, 5.74) is 0.675. The summed E-state index contributed by atoms with van der Waals surface area (Å²) in [5.74, 6) is -4.55. The zero-order valence-corrected chi connectivity index (χ0v) is 20.2. The van der Waals surface area contributed by atoms with Crippen molar-refractivity contribution in [3.8, 4) is 5.75 Å². The van der Waals surface area contributed by atoms with E-state index in [1.165, 1.54) is 13.0 Å². The van der Waals surface area contributed by atoms with Gasteiger partial charge in [-0.2, -0.15) is 0 Å². The van der Waals surface area contributed by atoms with Crippen molar-refractivity contribution < 1.29 is 44.3 Å².